The molecule has 0 aromatic rings. The van der Waals surface area contributed by atoms with Crippen molar-refractivity contribution in [1.29, 1.82) is 0 Å². The number of rotatable bonds is 3. The molecular weight excluding hydrogens is 158 g/mol. The number of hydrogen-bond donors (Lipinski definition) is 0. The molecule has 1 heteroatoms. The van der Waals surface area contributed by atoms with Crippen LogP contribution in [0.3, 0.4) is 0 Å². The van der Waals surface area contributed by atoms with Crippen molar-refractivity contribution in [2.24, 2.45) is 5.41 Å². The third-order valence-electron chi connectivity index (χ3n) is 2.27. The molecule has 0 aromatic carbocycles. The van der Waals surface area contributed by atoms with Gasteiger partial charge in [-0.2, -0.15) is 0 Å². The summed E-state index contributed by atoms with van der Waals surface area (Å²) in [6, 6.07) is 0. The maximum absolute atomic E-state index is 2.39. The summed E-state index contributed by atoms with van der Waals surface area (Å²) < 4.78 is 0. The molecule has 1 nitrogen and oxygen atoms in total. The van der Waals surface area contributed by atoms with Gasteiger partial charge >= 0.3 is 0 Å². The highest BCUT2D eigenvalue weighted by atomic mass is 15.0. The van der Waals surface area contributed by atoms with E-state index in [1.54, 1.807) is 0 Å². The predicted octanol–water partition coefficient (Wildman–Crippen LogP) is 3.79. The summed E-state index contributed by atoms with van der Waals surface area (Å²) in [4.78, 5) is 2.27. The van der Waals surface area contributed by atoms with Crippen LogP contribution in [0.5, 0.6) is 0 Å². The van der Waals surface area contributed by atoms with Crippen LogP contribution < -0.4 is 0 Å². The van der Waals surface area contributed by atoms with Crippen molar-refractivity contribution < 1.29 is 0 Å². The zero-order valence-corrected chi connectivity index (χ0v) is 10.8. The molecule has 1 aliphatic rings. The SMILES string of the molecule is CC.CC.CN(C)CCC1(C)CC1. The minimum Gasteiger partial charge on any atom is -0.309 e. The molecule has 0 aromatic heterocycles. The van der Waals surface area contributed by atoms with E-state index in [2.05, 4.69) is 25.9 Å². The second-order valence-corrected chi connectivity index (χ2v) is 3.86. The van der Waals surface area contributed by atoms with Crippen molar-refractivity contribution in [1.82, 2.24) is 4.90 Å². The van der Waals surface area contributed by atoms with E-state index in [-0.39, 0.29) is 0 Å². The fourth-order valence-electron chi connectivity index (χ4n) is 0.957. The smallest absolute Gasteiger partial charge is 0.00196 e. The first-order valence-electron chi connectivity index (χ1n) is 5.77. The van der Waals surface area contributed by atoms with E-state index in [4.69, 9.17) is 0 Å². The van der Waals surface area contributed by atoms with Gasteiger partial charge in [-0.1, -0.05) is 34.6 Å². The van der Waals surface area contributed by atoms with Crippen LogP contribution in [0.2, 0.25) is 0 Å². The van der Waals surface area contributed by atoms with E-state index in [1.807, 2.05) is 27.7 Å². The molecule has 0 spiro atoms. The summed E-state index contributed by atoms with van der Waals surface area (Å²) in [6.07, 6.45) is 4.31. The summed E-state index contributed by atoms with van der Waals surface area (Å²) >= 11 is 0. The van der Waals surface area contributed by atoms with Gasteiger partial charge in [-0.05, 0) is 45.3 Å². The van der Waals surface area contributed by atoms with Crippen LogP contribution in [0.15, 0.2) is 0 Å². The highest BCUT2D eigenvalue weighted by molar-refractivity contribution is 4.88. The van der Waals surface area contributed by atoms with Crippen molar-refractivity contribution in [3.05, 3.63) is 0 Å². The number of nitrogens with zero attached hydrogens (tertiary/aromatic N) is 1. The monoisotopic (exact) mass is 187 g/mol. The van der Waals surface area contributed by atoms with Crippen LogP contribution >= 0.6 is 0 Å². The second-order valence-electron chi connectivity index (χ2n) is 3.86. The Bertz CT molecular complexity index is 93.3. The maximum atomic E-state index is 2.39. The Labute approximate surface area is 85.5 Å². The average Bonchev–Trinajstić information content (AvgIpc) is 2.89. The fraction of sp³-hybridized carbons (Fsp3) is 1.00. The summed E-state index contributed by atoms with van der Waals surface area (Å²) in [7, 11) is 4.29. The van der Waals surface area contributed by atoms with E-state index >= 15 is 0 Å². The quantitative estimate of drug-likeness (QED) is 0.650. The normalized spacial score (nSPS) is 16.6. The zero-order chi connectivity index (χ0) is 10.9. The van der Waals surface area contributed by atoms with Gasteiger partial charge in [0.2, 0.25) is 0 Å². The molecule has 0 aliphatic heterocycles. The van der Waals surface area contributed by atoms with Crippen LogP contribution in [0.4, 0.5) is 0 Å². The van der Waals surface area contributed by atoms with Crippen molar-refractivity contribution in [3.63, 3.8) is 0 Å². The molecule has 1 saturated carbocycles. The average molecular weight is 187 g/mol. The third kappa shape index (κ3) is 9.88. The topological polar surface area (TPSA) is 3.24 Å². The first-order valence-corrected chi connectivity index (χ1v) is 5.77. The molecule has 0 atom stereocenters. The summed E-state index contributed by atoms with van der Waals surface area (Å²) in [5, 5.41) is 0. The van der Waals surface area contributed by atoms with Gasteiger partial charge in [-0.25, -0.2) is 0 Å². The second kappa shape index (κ2) is 8.55. The fourth-order valence-corrected chi connectivity index (χ4v) is 0.957. The van der Waals surface area contributed by atoms with E-state index in [9.17, 15) is 0 Å². The van der Waals surface area contributed by atoms with Gasteiger partial charge in [-0.15, -0.1) is 0 Å². The standard InChI is InChI=1S/C8H17N.2C2H6/c1-8(4-5-8)6-7-9(2)3;2*1-2/h4-7H2,1-3H3;2*1-2H3. The lowest BCUT2D eigenvalue weighted by molar-refractivity contribution is 0.351. The molecule has 0 amide bonds. The first kappa shape index (κ1) is 15.4. The van der Waals surface area contributed by atoms with Crippen molar-refractivity contribution in [2.45, 2.75) is 53.9 Å². The van der Waals surface area contributed by atoms with Crippen LogP contribution in [0.1, 0.15) is 53.9 Å². The largest absolute Gasteiger partial charge is 0.309 e. The van der Waals surface area contributed by atoms with E-state index < -0.39 is 0 Å². The minimum atomic E-state index is 0.740. The van der Waals surface area contributed by atoms with Crippen molar-refractivity contribution in [2.75, 3.05) is 20.6 Å². The Balaban J connectivity index is 0. The number of hydrogen-bond acceptors (Lipinski definition) is 1. The van der Waals surface area contributed by atoms with Gasteiger partial charge in [0.05, 0.1) is 0 Å². The van der Waals surface area contributed by atoms with Crippen molar-refractivity contribution >= 4 is 0 Å². The highest BCUT2D eigenvalue weighted by Gasteiger charge is 2.36. The molecule has 0 radical (unpaired) electrons. The summed E-state index contributed by atoms with van der Waals surface area (Å²) in [5.74, 6) is 0. The molecule has 13 heavy (non-hydrogen) atoms. The van der Waals surface area contributed by atoms with E-state index in [0.29, 0.717) is 0 Å². The Morgan fingerprint density at radius 1 is 1.00 bits per heavy atom. The van der Waals surface area contributed by atoms with Crippen LogP contribution in [0.25, 0.3) is 0 Å². The minimum absolute atomic E-state index is 0.740. The summed E-state index contributed by atoms with van der Waals surface area (Å²) in [6.45, 7) is 11.6. The Morgan fingerprint density at radius 3 is 1.62 bits per heavy atom. The Hall–Kier alpha value is -0.0400. The predicted molar refractivity (Wildman–Crippen MR) is 63.2 cm³/mol. The lowest BCUT2D eigenvalue weighted by atomic mass is 10.1. The van der Waals surface area contributed by atoms with Crippen molar-refractivity contribution in [3.8, 4) is 0 Å². The molecule has 1 rings (SSSR count). The molecule has 0 bridgehead atoms. The lowest BCUT2D eigenvalue weighted by Gasteiger charge is -2.12. The summed E-state index contributed by atoms with van der Waals surface area (Å²) in [5.41, 5.74) is 0.740. The van der Waals surface area contributed by atoms with Gasteiger partial charge in [-0.3, -0.25) is 0 Å². The molecule has 82 valence electrons. The van der Waals surface area contributed by atoms with Crippen LogP contribution in [-0.4, -0.2) is 25.5 Å². The molecule has 1 fully saturated rings. The van der Waals surface area contributed by atoms with Gasteiger partial charge < -0.3 is 4.90 Å². The molecular formula is C12H29N. The third-order valence-corrected chi connectivity index (χ3v) is 2.27. The maximum Gasteiger partial charge on any atom is -0.00196 e. The Morgan fingerprint density at radius 2 is 1.38 bits per heavy atom. The Kier molecular flexibility index (Phi) is 10.2. The molecule has 0 unspecified atom stereocenters. The highest BCUT2D eigenvalue weighted by Crippen LogP contribution is 2.47. The van der Waals surface area contributed by atoms with Gasteiger partial charge in [0, 0.05) is 0 Å². The van der Waals surface area contributed by atoms with E-state index in [1.165, 1.54) is 25.8 Å². The molecule has 0 saturated heterocycles. The van der Waals surface area contributed by atoms with Crippen LogP contribution in [-0.2, 0) is 0 Å². The lowest BCUT2D eigenvalue weighted by Crippen LogP contribution is -2.15. The van der Waals surface area contributed by atoms with Gasteiger partial charge in [0.15, 0.2) is 0 Å². The van der Waals surface area contributed by atoms with Gasteiger partial charge in [0.1, 0.15) is 0 Å². The molecule has 1 aliphatic carbocycles. The van der Waals surface area contributed by atoms with Gasteiger partial charge in [0.25, 0.3) is 0 Å². The molecule has 0 N–H and O–H groups in total. The van der Waals surface area contributed by atoms with E-state index in [0.717, 1.165) is 5.41 Å². The first-order chi connectivity index (χ1) is 6.12. The molecule has 0 heterocycles. The van der Waals surface area contributed by atoms with Crippen LogP contribution in [0, 0.1) is 5.41 Å². The zero-order valence-electron chi connectivity index (χ0n) is 10.8.